The van der Waals surface area contributed by atoms with E-state index >= 15 is 0 Å². The van der Waals surface area contributed by atoms with E-state index in [0.717, 1.165) is 11.0 Å². The highest BCUT2D eigenvalue weighted by atomic mass is 35.5. The Balaban J connectivity index is 1.94. The maximum absolute atomic E-state index is 14.1. The molecule has 1 fully saturated rings. The molecule has 1 atom stereocenters. The maximum atomic E-state index is 14.1. The van der Waals surface area contributed by atoms with Crippen LogP contribution in [0, 0.1) is 11.6 Å². The third kappa shape index (κ3) is 3.28. The highest BCUT2D eigenvalue weighted by molar-refractivity contribution is 6.31. The zero-order valence-corrected chi connectivity index (χ0v) is 13.6. The fourth-order valence-electron chi connectivity index (χ4n) is 2.64. The van der Waals surface area contributed by atoms with E-state index in [1.807, 2.05) is 0 Å². The van der Waals surface area contributed by atoms with E-state index in [1.54, 1.807) is 0 Å². The van der Waals surface area contributed by atoms with Crippen LogP contribution in [0.25, 0.3) is 11.1 Å². The molecular weight excluding hydrogens is 354 g/mol. The number of carbonyl (C=O) groups excluding carboxylic acids is 1. The van der Waals surface area contributed by atoms with Crippen molar-refractivity contribution in [3.05, 3.63) is 53.1 Å². The Labute approximate surface area is 146 Å². The van der Waals surface area contributed by atoms with Crippen LogP contribution in [0.5, 0.6) is 0 Å². The molecule has 0 aliphatic carbocycles. The molecule has 2 N–H and O–H groups in total. The number of amides is 2. The molecule has 2 aromatic rings. The molecule has 0 spiro atoms. The number of likely N-dealkylation sites (tertiary alicyclic amines) is 1. The lowest BCUT2D eigenvalue weighted by Gasteiger charge is -2.37. The van der Waals surface area contributed by atoms with Gasteiger partial charge in [-0.05, 0) is 24.6 Å². The third-order valence-electron chi connectivity index (χ3n) is 4.03. The number of urea groups is 1. The molecule has 0 aromatic heterocycles. The van der Waals surface area contributed by atoms with Crippen molar-refractivity contribution in [1.29, 1.82) is 0 Å². The second-order valence-corrected chi connectivity index (χ2v) is 5.99. The molecule has 1 aliphatic rings. The van der Waals surface area contributed by atoms with Crippen LogP contribution in [0.2, 0.25) is 5.02 Å². The number of nitrogens with zero attached hydrogens (tertiary/aromatic N) is 1. The molecule has 25 heavy (non-hydrogen) atoms. The molecule has 2 amide bonds. The van der Waals surface area contributed by atoms with Crippen LogP contribution >= 0.6 is 11.6 Å². The van der Waals surface area contributed by atoms with E-state index in [4.69, 9.17) is 16.7 Å². The Morgan fingerprint density at radius 2 is 1.96 bits per heavy atom. The Hall–Kier alpha value is -2.67. The minimum Gasteiger partial charge on any atom is -0.480 e. The van der Waals surface area contributed by atoms with E-state index < -0.39 is 29.7 Å². The van der Waals surface area contributed by atoms with Gasteiger partial charge in [-0.1, -0.05) is 29.8 Å². The lowest BCUT2D eigenvalue weighted by Crippen LogP contribution is -2.56. The number of carboxylic acid groups (broad SMARTS) is 1. The first kappa shape index (κ1) is 17.2. The van der Waals surface area contributed by atoms with Gasteiger partial charge in [-0.15, -0.1) is 0 Å². The quantitative estimate of drug-likeness (QED) is 0.863. The number of anilines is 1. The van der Waals surface area contributed by atoms with Crippen LogP contribution in [0.4, 0.5) is 19.3 Å². The van der Waals surface area contributed by atoms with E-state index in [2.05, 4.69) is 5.32 Å². The molecule has 0 unspecified atom stereocenters. The number of aliphatic carboxylic acids is 1. The second-order valence-electron chi connectivity index (χ2n) is 5.56. The summed E-state index contributed by atoms with van der Waals surface area (Å²) in [6.07, 6.45) is 0.365. The molecule has 0 radical (unpaired) electrons. The third-order valence-corrected chi connectivity index (χ3v) is 4.27. The number of benzene rings is 2. The van der Waals surface area contributed by atoms with Crippen LogP contribution in [0.3, 0.4) is 0 Å². The maximum Gasteiger partial charge on any atom is 0.326 e. The smallest absolute Gasteiger partial charge is 0.326 e. The molecule has 0 saturated carbocycles. The number of hydrogen-bond donors (Lipinski definition) is 2. The normalized spacial score (nSPS) is 16.3. The Kier molecular flexibility index (Phi) is 4.59. The van der Waals surface area contributed by atoms with Gasteiger partial charge in [-0.3, -0.25) is 0 Å². The molecule has 1 saturated heterocycles. The summed E-state index contributed by atoms with van der Waals surface area (Å²) in [5, 5.41) is 11.8. The van der Waals surface area contributed by atoms with E-state index in [-0.39, 0.29) is 21.8 Å². The van der Waals surface area contributed by atoms with Crippen molar-refractivity contribution < 1.29 is 23.5 Å². The highest BCUT2D eigenvalue weighted by Gasteiger charge is 2.37. The largest absolute Gasteiger partial charge is 0.480 e. The standard InChI is InChI=1S/C17H13ClF2N2O3/c18-9-4-5-10(11-2-1-3-12(19)15(11)20)13(8-9)21-17(25)22-7-6-14(22)16(23)24/h1-5,8,14H,6-7H2,(H,21,25)(H,23,24)/t14-/m1/s1. The van der Waals surface area contributed by atoms with E-state index in [9.17, 15) is 18.4 Å². The highest BCUT2D eigenvalue weighted by Crippen LogP contribution is 2.33. The van der Waals surface area contributed by atoms with Crippen LogP contribution < -0.4 is 5.32 Å². The summed E-state index contributed by atoms with van der Waals surface area (Å²) in [4.78, 5) is 24.5. The molecule has 5 nitrogen and oxygen atoms in total. The number of rotatable bonds is 3. The topological polar surface area (TPSA) is 69.6 Å². The van der Waals surface area contributed by atoms with Crippen molar-refractivity contribution >= 4 is 29.3 Å². The SMILES string of the molecule is O=C(O)[C@H]1CCN1C(=O)Nc1cc(Cl)ccc1-c1cccc(F)c1F. The number of hydrogen-bond acceptors (Lipinski definition) is 2. The Morgan fingerprint density at radius 1 is 1.20 bits per heavy atom. The van der Waals surface area contributed by atoms with Gasteiger partial charge in [0.25, 0.3) is 0 Å². The monoisotopic (exact) mass is 366 g/mol. The van der Waals surface area contributed by atoms with Gasteiger partial charge in [-0.2, -0.15) is 0 Å². The van der Waals surface area contributed by atoms with E-state index in [1.165, 1.54) is 30.3 Å². The van der Waals surface area contributed by atoms with Crippen molar-refractivity contribution in [3.63, 3.8) is 0 Å². The summed E-state index contributed by atoms with van der Waals surface area (Å²) in [7, 11) is 0. The summed E-state index contributed by atoms with van der Waals surface area (Å²) < 4.78 is 27.6. The Morgan fingerprint density at radius 3 is 2.60 bits per heavy atom. The zero-order chi connectivity index (χ0) is 18.1. The van der Waals surface area contributed by atoms with Gasteiger partial charge in [-0.25, -0.2) is 18.4 Å². The molecule has 2 aromatic carbocycles. The summed E-state index contributed by atoms with van der Waals surface area (Å²) in [5.41, 5.74) is 0.366. The van der Waals surface area contributed by atoms with Gasteiger partial charge >= 0.3 is 12.0 Å². The molecule has 130 valence electrons. The second kappa shape index (κ2) is 6.68. The van der Waals surface area contributed by atoms with Gasteiger partial charge in [0.15, 0.2) is 11.6 Å². The van der Waals surface area contributed by atoms with Gasteiger partial charge in [0.1, 0.15) is 6.04 Å². The fraction of sp³-hybridized carbons (Fsp3) is 0.176. The predicted octanol–water partition coefficient (Wildman–Crippen LogP) is 3.98. The molecule has 1 heterocycles. The van der Waals surface area contributed by atoms with Crippen molar-refractivity contribution in [1.82, 2.24) is 4.90 Å². The number of nitrogens with one attached hydrogen (secondary N) is 1. The first-order valence-electron chi connectivity index (χ1n) is 7.43. The van der Waals surface area contributed by atoms with Crippen molar-refractivity contribution in [3.8, 4) is 11.1 Å². The minimum absolute atomic E-state index is 0.0367. The molecule has 3 rings (SSSR count). The van der Waals surface area contributed by atoms with Crippen LogP contribution in [-0.2, 0) is 4.79 Å². The molecule has 8 heteroatoms. The first-order chi connectivity index (χ1) is 11.9. The average molecular weight is 367 g/mol. The van der Waals surface area contributed by atoms with Crippen LogP contribution in [-0.4, -0.2) is 34.6 Å². The Bertz CT molecular complexity index is 860. The van der Waals surface area contributed by atoms with E-state index in [0.29, 0.717) is 13.0 Å². The van der Waals surface area contributed by atoms with Crippen molar-refractivity contribution in [2.45, 2.75) is 12.5 Å². The minimum atomic E-state index is -1.09. The summed E-state index contributed by atoms with van der Waals surface area (Å²) >= 11 is 5.94. The van der Waals surface area contributed by atoms with Crippen molar-refractivity contribution in [2.24, 2.45) is 0 Å². The lowest BCUT2D eigenvalue weighted by atomic mass is 10.0. The molecular formula is C17H13ClF2N2O3. The summed E-state index contributed by atoms with van der Waals surface area (Å²) in [6.45, 7) is 0.299. The van der Waals surface area contributed by atoms with Gasteiger partial charge < -0.3 is 15.3 Å². The first-order valence-corrected chi connectivity index (χ1v) is 7.80. The van der Waals surface area contributed by atoms with Crippen LogP contribution in [0.15, 0.2) is 36.4 Å². The number of carbonyl (C=O) groups is 2. The number of halogens is 3. The molecule has 0 bridgehead atoms. The fourth-order valence-corrected chi connectivity index (χ4v) is 2.81. The van der Waals surface area contributed by atoms with Gasteiger partial charge in [0.05, 0.1) is 5.69 Å². The average Bonchev–Trinajstić information content (AvgIpc) is 2.49. The summed E-state index contributed by atoms with van der Waals surface area (Å²) in [6, 6.07) is 6.53. The number of carboxylic acids is 1. The predicted molar refractivity (Wildman–Crippen MR) is 88.6 cm³/mol. The van der Waals surface area contributed by atoms with Crippen LogP contribution in [0.1, 0.15) is 6.42 Å². The zero-order valence-electron chi connectivity index (χ0n) is 12.8. The molecule has 1 aliphatic heterocycles. The lowest BCUT2D eigenvalue weighted by molar-refractivity contribution is -0.145. The summed E-state index contributed by atoms with van der Waals surface area (Å²) in [5.74, 6) is -3.16. The van der Waals surface area contributed by atoms with Gasteiger partial charge in [0.2, 0.25) is 0 Å². The van der Waals surface area contributed by atoms with Gasteiger partial charge in [0, 0.05) is 22.7 Å². The van der Waals surface area contributed by atoms with Crippen molar-refractivity contribution in [2.75, 3.05) is 11.9 Å².